The van der Waals surface area contributed by atoms with Crippen molar-refractivity contribution in [1.82, 2.24) is 0 Å². The molecule has 1 aromatic rings. The molecule has 1 aliphatic carbocycles. The molecule has 0 bridgehead atoms. The minimum atomic E-state index is -0.954. The van der Waals surface area contributed by atoms with E-state index in [1.54, 1.807) is 0 Å². The second kappa shape index (κ2) is 4.21. The molecule has 0 aliphatic heterocycles. The average molecular weight is 306 g/mol. The number of benzene rings is 1. The summed E-state index contributed by atoms with van der Waals surface area (Å²) in [5.74, 6) is -1.94. The third-order valence-electron chi connectivity index (χ3n) is 3.48. The maximum absolute atomic E-state index is 13.5. The quantitative estimate of drug-likeness (QED) is 0.851. The Balaban J connectivity index is 2.20. The largest absolute Gasteiger partial charge is 0.487 e. The van der Waals surface area contributed by atoms with Crippen LogP contribution in [0, 0.1) is 17.0 Å². The van der Waals surface area contributed by atoms with Gasteiger partial charge in [0.25, 0.3) is 0 Å². The van der Waals surface area contributed by atoms with Crippen LogP contribution in [0.3, 0.4) is 0 Å². The van der Waals surface area contributed by atoms with Crippen LogP contribution >= 0.6 is 15.9 Å². The Kier molecular flexibility index (Phi) is 3.16. The second-order valence-electron chi connectivity index (χ2n) is 4.97. The molecule has 0 radical (unpaired) electrons. The van der Waals surface area contributed by atoms with E-state index >= 15 is 0 Å². The van der Waals surface area contributed by atoms with Gasteiger partial charge < -0.3 is 10.5 Å². The summed E-state index contributed by atoms with van der Waals surface area (Å²) in [7, 11) is 0. The molecule has 5 heteroatoms. The fraction of sp³-hybridized carbons (Fsp3) is 0.500. The Bertz CT molecular complexity index is 450. The van der Waals surface area contributed by atoms with Gasteiger partial charge in [0.15, 0.2) is 11.6 Å². The summed E-state index contributed by atoms with van der Waals surface area (Å²) in [6, 6.07) is 2.53. The summed E-state index contributed by atoms with van der Waals surface area (Å²) in [4.78, 5) is 0. The summed E-state index contributed by atoms with van der Waals surface area (Å²) in [5, 5.41) is 0. The fourth-order valence-electron chi connectivity index (χ4n) is 1.89. The van der Waals surface area contributed by atoms with E-state index in [-0.39, 0.29) is 23.3 Å². The molecule has 1 saturated carbocycles. The van der Waals surface area contributed by atoms with Gasteiger partial charge in [0.05, 0.1) is 0 Å². The highest BCUT2D eigenvalue weighted by molar-refractivity contribution is 9.10. The Hall–Kier alpha value is -0.680. The lowest BCUT2D eigenvalue weighted by Gasteiger charge is -2.49. The summed E-state index contributed by atoms with van der Waals surface area (Å²) < 4.78 is 32.6. The Labute approximate surface area is 107 Å². The van der Waals surface area contributed by atoms with E-state index in [1.807, 2.05) is 13.8 Å². The van der Waals surface area contributed by atoms with E-state index in [0.717, 1.165) is 6.07 Å². The van der Waals surface area contributed by atoms with Crippen molar-refractivity contribution in [1.29, 1.82) is 0 Å². The lowest BCUT2D eigenvalue weighted by molar-refractivity contribution is -0.0422. The highest BCUT2D eigenvalue weighted by Gasteiger charge is 2.48. The van der Waals surface area contributed by atoms with Crippen LogP contribution in [0.1, 0.15) is 20.3 Å². The maximum atomic E-state index is 13.5. The van der Waals surface area contributed by atoms with Gasteiger partial charge in [0.1, 0.15) is 6.10 Å². The lowest BCUT2D eigenvalue weighted by atomic mass is 9.65. The van der Waals surface area contributed by atoms with Gasteiger partial charge in [-0.3, -0.25) is 0 Å². The first-order valence-electron chi connectivity index (χ1n) is 5.39. The van der Waals surface area contributed by atoms with Gasteiger partial charge in [0, 0.05) is 22.4 Å². The summed E-state index contributed by atoms with van der Waals surface area (Å²) >= 11 is 3.11. The average Bonchev–Trinajstić information content (AvgIpc) is 2.24. The van der Waals surface area contributed by atoms with Gasteiger partial charge in [-0.15, -0.1) is 0 Å². The van der Waals surface area contributed by atoms with Gasteiger partial charge in [-0.05, 0) is 12.1 Å². The molecule has 0 spiro atoms. The predicted octanol–water partition coefficient (Wildman–Crippen LogP) is 3.23. The predicted molar refractivity (Wildman–Crippen MR) is 64.8 cm³/mol. The Morgan fingerprint density at radius 1 is 1.41 bits per heavy atom. The van der Waals surface area contributed by atoms with Gasteiger partial charge >= 0.3 is 0 Å². The molecular weight excluding hydrogens is 292 g/mol. The molecule has 2 atom stereocenters. The van der Waals surface area contributed by atoms with Crippen molar-refractivity contribution in [3.8, 4) is 5.75 Å². The smallest absolute Gasteiger partial charge is 0.200 e. The third-order valence-corrected chi connectivity index (χ3v) is 3.94. The highest BCUT2D eigenvalue weighted by atomic mass is 79.9. The normalized spacial score (nSPS) is 26.5. The third kappa shape index (κ3) is 2.18. The number of hydrogen-bond acceptors (Lipinski definition) is 2. The molecule has 2 N–H and O–H groups in total. The zero-order chi connectivity index (χ0) is 12.8. The van der Waals surface area contributed by atoms with Crippen molar-refractivity contribution < 1.29 is 13.5 Å². The van der Waals surface area contributed by atoms with Crippen LogP contribution in [0.15, 0.2) is 16.6 Å². The second-order valence-corrected chi connectivity index (χ2v) is 5.89. The molecule has 2 rings (SSSR count). The molecule has 2 unspecified atom stereocenters. The molecule has 1 fully saturated rings. The van der Waals surface area contributed by atoms with Crippen LogP contribution in [-0.2, 0) is 0 Å². The Morgan fingerprint density at radius 3 is 2.59 bits per heavy atom. The van der Waals surface area contributed by atoms with Crippen molar-refractivity contribution in [2.45, 2.75) is 32.4 Å². The van der Waals surface area contributed by atoms with Crippen LogP contribution in [0.25, 0.3) is 0 Å². The maximum Gasteiger partial charge on any atom is 0.200 e. The van der Waals surface area contributed by atoms with Crippen molar-refractivity contribution in [2.75, 3.05) is 0 Å². The molecule has 0 saturated heterocycles. The van der Waals surface area contributed by atoms with Crippen molar-refractivity contribution in [3.63, 3.8) is 0 Å². The van der Waals surface area contributed by atoms with Crippen molar-refractivity contribution in [2.24, 2.45) is 11.1 Å². The zero-order valence-corrected chi connectivity index (χ0v) is 11.2. The van der Waals surface area contributed by atoms with Crippen LogP contribution in [-0.4, -0.2) is 12.1 Å². The minimum Gasteiger partial charge on any atom is -0.487 e. The summed E-state index contributed by atoms with van der Waals surface area (Å²) in [5.41, 5.74) is 5.62. The molecule has 1 aromatic carbocycles. The SMILES string of the molecule is CC1(C)C(N)CC1Oc1cc(Br)cc(F)c1F. The molecule has 2 nitrogen and oxygen atoms in total. The van der Waals surface area contributed by atoms with Gasteiger partial charge in [0.2, 0.25) is 5.82 Å². The Morgan fingerprint density at radius 2 is 2.06 bits per heavy atom. The first-order valence-corrected chi connectivity index (χ1v) is 6.18. The number of halogens is 3. The monoisotopic (exact) mass is 305 g/mol. The molecule has 0 amide bonds. The molecule has 17 heavy (non-hydrogen) atoms. The van der Waals surface area contributed by atoms with Crippen LogP contribution < -0.4 is 10.5 Å². The van der Waals surface area contributed by atoms with Crippen LogP contribution in [0.4, 0.5) is 8.78 Å². The van der Waals surface area contributed by atoms with Gasteiger partial charge in [-0.2, -0.15) is 4.39 Å². The standard InChI is InChI=1S/C12H14BrF2NO/c1-12(2)9(16)5-10(12)17-8-4-6(13)3-7(14)11(8)15/h3-4,9-10H,5,16H2,1-2H3. The molecule has 94 valence electrons. The topological polar surface area (TPSA) is 35.2 Å². The highest BCUT2D eigenvalue weighted by Crippen LogP contribution is 2.42. The molecule has 1 aliphatic rings. The molecular formula is C12H14BrF2NO. The van der Waals surface area contributed by atoms with Crippen LogP contribution in [0.2, 0.25) is 0 Å². The van der Waals surface area contributed by atoms with E-state index in [4.69, 9.17) is 10.5 Å². The van der Waals surface area contributed by atoms with Crippen LogP contribution in [0.5, 0.6) is 5.75 Å². The van der Waals surface area contributed by atoms with E-state index in [9.17, 15) is 8.78 Å². The van der Waals surface area contributed by atoms with E-state index < -0.39 is 11.6 Å². The first kappa shape index (κ1) is 12.8. The van der Waals surface area contributed by atoms with E-state index in [2.05, 4.69) is 15.9 Å². The van der Waals surface area contributed by atoms with Crippen molar-refractivity contribution in [3.05, 3.63) is 28.2 Å². The molecule has 0 heterocycles. The van der Waals surface area contributed by atoms with Gasteiger partial charge in [-0.1, -0.05) is 29.8 Å². The lowest BCUT2D eigenvalue weighted by Crippen LogP contribution is -2.60. The number of ether oxygens (including phenoxy) is 1. The number of nitrogens with two attached hydrogens (primary N) is 1. The number of rotatable bonds is 2. The summed E-state index contributed by atoms with van der Waals surface area (Å²) in [6.45, 7) is 3.91. The summed E-state index contributed by atoms with van der Waals surface area (Å²) in [6.07, 6.45) is 0.473. The van der Waals surface area contributed by atoms with E-state index in [1.165, 1.54) is 6.07 Å². The number of hydrogen-bond donors (Lipinski definition) is 1. The zero-order valence-electron chi connectivity index (χ0n) is 9.64. The molecule has 0 aromatic heterocycles. The fourth-order valence-corrected chi connectivity index (χ4v) is 2.30. The van der Waals surface area contributed by atoms with Crippen molar-refractivity contribution >= 4 is 15.9 Å². The van der Waals surface area contributed by atoms with E-state index in [0.29, 0.717) is 10.9 Å². The van der Waals surface area contributed by atoms with Gasteiger partial charge in [-0.25, -0.2) is 4.39 Å². The minimum absolute atomic E-state index is 0.0348. The first-order chi connectivity index (χ1) is 7.82.